The molecule has 0 spiro atoms. The van der Waals surface area contributed by atoms with Crippen molar-refractivity contribution in [3.8, 4) is 0 Å². The highest BCUT2D eigenvalue weighted by molar-refractivity contribution is 7.89. The maximum atomic E-state index is 12.0. The first-order valence-electron chi connectivity index (χ1n) is 5.97. The summed E-state index contributed by atoms with van der Waals surface area (Å²) >= 11 is 0. The quantitative estimate of drug-likeness (QED) is 0.454. The van der Waals surface area contributed by atoms with Crippen LogP contribution in [0.4, 0.5) is 5.69 Å². The van der Waals surface area contributed by atoms with E-state index in [1.807, 2.05) is 4.72 Å². The number of nitrogens with zero attached hydrogens (tertiary/aromatic N) is 1. The number of benzene rings is 1. The first-order valence-corrected chi connectivity index (χ1v) is 7.46. The Labute approximate surface area is 133 Å². The van der Waals surface area contributed by atoms with Crippen LogP contribution in [-0.4, -0.2) is 37.0 Å². The normalized spacial score (nSPS) is 12.2. The topological polar surface area (TPSA) is 153 Å². The molecule has 22 heavy (non-hydrogen) atoms. The third-order valence-corrected chi connectivity index (χ3v) is 4.14. The highest BCUT2D eigenvalue weighted by Gasteiger charge is 2.25. The Morgan fingerprint density at radius 2 is 1.91 bits per heavy atom. The van der Waals surface area contributed by atoms with E-state index in [1.54, 1.807) is 0 Å². The van der Waals surface area contributed by atoms with E-state index >= 15 is 0 Å². The van der Waals surface area contributed by atoms with Gasteiger partial charge in [-0.1, -0.05) is 0 Å². The van der Waals surface area contributed by atoms with Crippen molar-refractivity contribution in [2.24, 2.45) is 5.73 Å². The Bertz CT molecular complexity index is 619. The minimum atomic E-state index is -4.07. The van der Waals surface area contributed by atoms with Gasteiger partial charge in [0.15, 0.2) is 0 Å². The lowest BCUT2D eigenvalue weighted by atomic mass is 10.2. The number of carboxylic acid groups (broad SMARTS) is 1. The van der Waals surface area contributed by atoms with Crippen LogP contribution in [0.5, 0.6) is 0 Å². The summed E-state index contributed by atoms with van der Waals surface area (Å²) in [5.41, 5.74) is 5.01. The number of aliphatic carboxylic acids is 1. The van der Waals surface area contributed by atoms with E-state index in [0.29, 0.717) is 6.42 Å². The van der Waals surface area contributed by atoms with Crippen molar-refractivity contribution in [3.05, 3.63) is 34.4 Å². The zero-order valence-electron chi connectivity index (χ0n) is 11.3. The molecule has 11 heteroatoms. The van der Waals surface area contributed by atoms with Crippen LogP contribution in [0.3, 0.4) is 0 Å². The molecule has 0 aliphatic heterocycles. The van der Waals surface area contributed by atoms with Crippen LogP contribution in [0.25, 0.3) is 0 Å². The van der Waals surface area contributed by atoms with E-state index in [2.05, 4.69) is 0 Å². The van der Waals surface area contributed by atoms with Gasteiger partial charge in [-0.15, -0.1) is 12.4 Å². The summed E-state index contributed by atoms with van der Waals surface area (Å²) in [6.07, 6.45) is 0.401. The van der Waals surface area contributed by atoms with Gasteiger partial charge in [-0.25, -0.2) is 8.42 Å². The van der Waals surface area contributed by atoms with Gasteiger partial charge in [-0.2, -0.15) is 4.72 Å². The summed E-state index contributed by atoms with van der Waals surface area (Å²) in [7, 11) is -4.07. The van der Waals surface area contributed by atoms with E-state index in [-0.39, 0.29) is 36.0 Å². The van der Waals surface area contributed by atoms with Crippen molar-refractivity contribution < 1.29 is 23.2 Å². The molecule has 1 atom stereocenters. The maximum absolute atomic E-state index is 12.0. The number of hydrogen-bond donors (Lipinski definition) is 3. The minimum Gasteiger partial charge on any atom is -0.480 e. The zero-order valence-corrected chi connectivity index (χ0v) is 13.0. The standard InChI is InChI=1S/C11H15N3O6S.ClH/c12-7-1-2-10(11(15)16)13-21(19,20)9-5-3-8(4-6-9)14(17)18;/h3-6,10,13H,1-2,7,12H2,(H,15,16);1H/t10-;/m0./s1. The molecule has 1 aromatic carbocycles. The Balaban J connectivity index is 0.00000441. The maximum Gasteiger partial charge on any atom is 0.321 e. The predicted octanol–water partition coefficient (Wildman–Crippen LogP) is 0.487. The van der Waals surface area contributed by atoms with E-state index in [9.17, 15) is 23.3 Å². The Morgan fingerprint density at radius 3 is 2.32 bits per heavy atom. The number of nitrogens with one attached hydrogen (secondary N) is 1. The minimum absolute atomic E-state index is 0. The lowest BCUT2D eigenvalue weighted by Gasteiger charge is -2.14. The van der Waals surface area contributed by atoms with Crippen LogP contribution < -0.4 is 10.5 Å². The molecule has 0 fully saturated rings. The summed E-state index contributed by atoms with van der Waals surface area (Å²) in [5.74, 6) is -1.31. The largest absolute Gasteiger partial charge is 0.480 e. The molecule has 0 aliphatic rings. The number of hydrogen-bond acceptors (Lipinski definition) is 6. The van der Waals surface area contributed by atoms with E-state index in [0.717, 1.165) is 24.3 Å². The fourth-order valence-corrected chi connectivity index (χ4v) is 2.78. The molecular weight excluding hydrogens is 338 g/mol. The predicted molar refractivity (Wildman–Crippen MR) is 80.4 cm³/mol. The van der Waals surface area contributed by atoms with E-state index in [4.69, 9.17) is 10.8 Å². The van der Waals surface area contributed by atoms with Gasteiger partial charge in [0.25, 0.3) is 5.69 Å². The number of halogens is 1. The number of rotatable bonds is 8. The molecule has 0 aliphatic carbocycles. The lowest BCUT2D eigenvalue weighted by Crippen LogP contribution is -2.40. The molecule has 0 saturated heterocycles. The number of nitro groups is 1. The summed E-state index contributed by atoms with van der Waals surface area (Å²) in [4.78, 5) is 20.6. The number of nitro benzene ring substituents is 1. The van der Waals surface area contributed by atoms with Gasteiger partial charge in [0.2, 0.25) is 10.0 Å². The van der Waals surface area contributed by atoms with Gasteiger partial charge in [0.05, 0.1) is 9.82 Å². The van der Waals surface area contributed by atoms with Gasteiger partial charge < -0.3 is 10.8 Å². The summed E-state index contributed by atoms with van der Waals surface area (Å²) in [6.45, 7) is 0.239. The third kappa shape index (κ3) is 5.56. The van der Waals surface area contributed by atoms with E-state index in [1.165, 1.54) is 0 Å². The fourth-order valence-electron chi connectivity index (χ4n) is 1.56. The van der Waals surface area contributed by atoms with E-state index < -0.39 is 27.0 Å². The molecule has 124 valence electrons. The number of nitrogens with two attached hydrogens (primary N) is 1. The van der Waals surface area contributed by atoms with Crippen molar-refractivity contribution in [2.45, 2.75) is 23.8 Å². The Hall–Kier alpha value is -1.75. The number of sulfonamides is 1. The lowest BCUT2D eigenvalue weighted by molar-refractivity contribution is -0.384. The highest BCUT2D eigenvalue weighted by atomic mass is 35.5. The number of non-ortho nitro benzene ring substituents is 1. The van der Waals surface area contributed by atoms with Crippen molar-refractivity contribution >= 4 is 34.1 Å². The molecule has 9 nitrogen and oxygen atoms in total. The summed E-state index contributed by atoms with van der Waals surface area (Å²) in [6, 6.07) is 2.85. The fraction of sp³-hybridized carbons (Fsp3) is 0.364. The molecule has 0 amide bonds. The molecule has 1 aromatic rings. The second-order valence-corrected chi connectivity index (χ2v) is 5.91. The molecule has 0 aromatic heterocycles. The first kappa shape index (κ1) is 20.2. The molecular formula is C11H16ClN3O6S. The molecule has 0 bridgehead atoms. The molecule has 0 unspecified atom stereocenters. The molecule has 0 saturated carbocycles. The average molecular weight is 354 g/mol. The average Bonchev–Trinajstić information content (AvgIpc) is 2.43. The number of carbonyl (C=O) groups is 1. The number of carboxylic acids is 1. The van der Waals surface area contributed by atoms with Crippen LogP contribution in [0, 0.1) is 10.1 Å². The second kappa shape index (κ2) is 8.63. The Kier molecular flexibility index (Phi) is 7.95. The van der Waals surface area contributed by atoms with Crippen molar-refractivity contribution in [1.29, 1.82) is 0 Å². The first-order chi connectivity index (χ1) is 9.77. The van der Waals surface area contributed by atoms with Crippen LogP contribution in [0.15, 0.2) is 29.2 Å². The SMILES string of the molecule is Cl.NCCC[C@H](NS(=O)(=O)c1ccc([N+](=O)[O-])cc1)C(=O)O. The smallest absolute Gasteiger partial charge is 0.321 e. The van der Waals surface area contributed by atoms with Crippen LogP contribution in [0.1, 0.15) is 12.8 Å². The van der Waals surface area contributed by atoms with Gasteiger partial charge >= 0.3 is 5.97 Å². The van der Waals surface area contributed by atoms with Gasteiger partial charge in [-0.05, 0) is 31.5 Å². The zero-order chi connectivity index (χ0) is 16.0. The summed E-state index contributed by atoms with van der Waals surface area (Å²) in [5, 5.41) is 19.5. The highest BCUT2D eigenvalue weighted by Crippen LogP contribution is 2.16. The monoisotopic (exact) mass is 353 g/mol. The van der Waals surface area contributed by atoms with Crippen molar-refractivity contribution in [2.75, 3.05) is 6.54 Å². The van der Waals surface area contributed by atoms with Crippen molar-refractivity contribution in [1.82, 2.24) is 4.72 Å². The third-order valence-electron chi connectivity index (χ3n) is 2.65. The van der Waals surface area contributed by atoms with Gasteiger partial charge in [-0.3, -0.25) is 14.9 Å². The van der Waals surface area contributed by atoms with Gasteiger partial charge in [0.1, 0.15) is 6.04 Å². The van der Waals surface area contributed by atoms with Gasteiger partial charge in [0, 0.05) is 12.1 Å². The van der Waals surface area contributed by atoms with Crippen LogP contribution >= 0.6 is 12.4 Å². The molecule has 1 rings (SSSR count). The molecule has 0 heterocycles. The summed E-state index contributed by atoms with van der Waals surface area (Å²) < 4.78 is 26.1. The molecule has 4 N–H and O–H groups in total. The second-order valence-electron chi connectivity index (χ2n) is 4.19. The van der Waals surface area contributed by atoms with Crippen LogP contribution in [0.2, 0.25) is 0 Å². The molecule has 0 radical (unpaired) electrons. The Morgan fingerprint density at radius 1 is 1.36 bits per heavy atom. The van der Waals surface area contributed by atoms with Crippen LogP contribution in [-0.2, 0) is 14.8 Å². The van der Waals surface area contributed by atoms with Crippen molar-refractivity contribution in [3.63, 3.8) is 0 Å².